The number of hydrogen-bond acceptors (Lipinski definition) is 5. The smallest absolute Gasteiger partial charge is 0.188 e. The van der Waals surface area contributed by atoms with Gasteiger partial charge in [0.25, 0.3) is 0 Å². The summed E-state index contributed by atoms with van der Waals surface area (Å²) in [6.45, 7) is 4.73. The van der Waals surface area contributed by atoms with Crippen LogP contribution in [0.5, 0.6) is 11.5 Å². The summed E-state index contributed by atoms with van der Waals surface area (Å²) < 4.78 is 10.6. The lowest BCUT2D eigenvalue weighted by Gasteiger charge is -2.34. The second-order valence-electron chi connectivity index (χ2n) is 7.17. The number of methoxy groups -OCH3 is 2. The van der Waals surface area contributed by atoms with Crippen molar-refractivity contribution >= 4 is 29.9 Å². The van der Waals surface area contributed by atoms with Crippen molar-refractivity contribution in [2.24, 2.45) is 10.7 Å². The van der Waals surface area contributed by atoms with E-state index in [0.717, 1.165) is 56.2 Å². The summed E-state index contributed by atoms with van der Waals surface area (Å²) in [6.07, 6.45) is 3.31. The van der Waals surface area contributed by atoms with E-state index in [1.54, 1.807) is 14.2 Å². The van der Waals surface area contributed by atoms with Gasteiger partial charge in [0.15, 0.2) is 17.5 Å². The number of likely N-dealkylation sites (tertiary alicyclic amines) is 1. The summed E-state index contributed by atoms with van der Waals surface area (Å²) in [7, 11) is 7.62. The SMILES string of the molecule is COc1ccc(CCNC(N)=NCCN2CCC(N(C)C)CC2)cc1OC.I. The van der Waals surface area contributed by atoms with Gasteiger partial charge in [-0.1, -0.05) is 6.07 Å². The first-order valence-corrected chi connectivity index (χ1v) is 9.67. The number of benzene rings is 1. The van der Waals surface area contributed by atoms with Gasteiger partial charge in [-0.25, -0.2) is 0 Å². The van der Waals surface area contributed by atoms with E-state index in [1.807, 2.05) is 18.2 Å². The highest BCUT2D eigenvalue weighted by atomic mass is 127. The molecule has 0 saturated carbocycles. The molecule has 0 spiro atoms. The average molecular weight is 505 g/mol. The van der Waals surface area contributed by atoms with Gasteiger partial charge in [-0.15, -0.1) is 24.0 Å². The molecule has 0 unspecified atom stereocenters. The number of rotatable bonds is 9. The zero-order valence-corrected chi connectivity index (χ0v) is 19.9. The van der Waals surface area contributed by atoms with Crippen LogP contribution >= 0.6 is 24.0 Å². The summed E-state index contributed by atoms with van der Waals surface area (Å²) in [4.78, 5) is 9.25. The molecule has 1 heterocycles. The number of aliphatic imine (C=N–C) groups is 1. The Morgan fingerprint density at radius 3 is 2.50 bits per heavy atom. The molecule has 1 aliphatic heterocycles. The maximum atomic E-state index is 5.99. The van der Waals surface area contributed by atoms with Gasteiger partial charge in [0, 0.05) is 19.1 Å². The molecule has 2 rings (SSSR count). The van der Waals surface area contributed by atoms with E-state index in [2.05, 4.69) is 34.2 Å². The largest absolute Gasteiger partial charge is 0.493 e. The van der Waals surface area contributed by atoms with Gasteiger partial charge in [-0.3, -0.25) is 4.99 Å². The highest BCUT2D eigenvalue weighted by molar-refractivity contribution is 14.0. The summed E-state index contributed by atoms with van der Waals surface area (Å²) in [5, 5.41) is 3.19. The molecule has 3 N–H and O–H groups in total. The molecule has 1 saturated heterocycles. The Hall–Kier alpha value is -1.26. The third-order valence-corrected chi connectivity index (χ3v) is 5.15. The van der Waals surface area contributed by atoms with Crippen molar-refractivity contribution in [1.82, 2.24) is 15.1 Å². The van der Waals surface area contributed by atoms with Crippen LogP contribution in [-0.2, 0) is 6.42 Å². The van der Waals surface area contributed by atoms with Crippen LogP contribution in [0.25, 0.3) is 0 Å². The van der Waals surface area contributed by atoms with E-state index >= 15 is 0 Å². The van der Waals surface area contributed by atoms with Crippen LogP contribution < -0.4 is 20.5 Å². The van der Waals surface area contributed by atoms with E-state index in [1.165, 1.54) is 12.8 Å². The first kappa shape index (κ1) is 24.8. The fourth-order valence-electron chi connectivity index (χ4n) is 3.40. The summed E-state index contributed by atoms with van der Waals surface area (Å²) in [5.41, 5.74) is 7.15. The number of guanidine groups is 1. The predicted octanol–water partition coefficient (Wildman–Crippen LogP) is 1.79. The number of halogens is 1. The lowest BCUT2D eigenvalue weighted by Crippen LogP contribution is -2.43. The normalized spacial score (nSPS) is 16.0. The Morgan fingerprint density at radius 2 is 1.89 bits per heavy atom. The van der Waals surface area contributed by atoms with Gasteiger partial charge in [0.05, 0.1) is 20.8 Å². The minimum Gasteiger partial charge on any atom is -0.493 e. The molecule has 0 bridgehead atoms. The molecule has 7 nitrogen and oxygen atoms in total. The molecule has 0 atom stereocenters. The number of nitrogens with one attached hydrogen (secondary N) is 1. The van der Waals surface area contributed by atoms with E-state index in [4.69, 9.17) is 15.2 Å². The minimum atomic E-state index is 0. The monoisotopic (exact) mass is 505 g/mol. The summed E-state index contributed by atoms with van der Waals surface area (Å²) in [6, 6.07) is 6.66. The highest BCUT2D eigenvalue weighted by Crippen LogP contribution is 2.27. The molecular formula is C20H36IN5O2. The third kappa shape index (κ3) is 8.00. The highest BCUT2D eigenvalue weighted by Gasteiger charge is 2.19. The zero-order valence-electron chi connectivity index (χ0n) is 17.6. The second-order valence-corrected chi connectivity index (χ2v) is 7.17. The topological polar surface area (TPSA) is 75.4 Å². The lowest BCUT2D eigenvalue weighted by molar-refractivity contribution is 0.148. The predicted molar refractivity (Wildman–Crippen MR) is 126 cm³/mol. The van der Waals surface area contributed by atoms with E-state index in [-0.39, 0.29) is 24.0 Å². The summed E-state index contributed by atoms with van der Waals surface area (Å²) >= 11 is 0. The molecule has 1 aromatic rings. The van der Waals surface area contributed by atoms with Crippen molar-refractivity contribution in [3.8, 4) is 11.5 Å². The lowest BCUT2D eigenvalue weighted by atomic mass is 10.0. The van der Waals surface area contributed by atoms with E-state index in [0.29, 0.717) is 12.0 Å². The van der Waals surface area contributed by atoms with Crippen LogP contribution in [0.15, 0.2) is 23.2 Å². The van der Waals surface area contributed by atoms with Crippen LogP contribution in [0.3, 0.4) is 0 Å². The number of ether oxygens (including phenoxy) is 2. The molecule has 28 heavy (non-hydrogen) atoms. The molecule has 0 radical (unpaired) electrons. The Morgan fingerprint density at radius 1 is 1.21 bits per heavy atom. The van der Waals surface area contributed by atoms with Crippen LogP contribution in [0.4, 0.5) is 0 Å². The second kappa shape index (κ2) is 13.1. The van der Waals surface area contributed by atoms with Crippen molar-refractivity contribution < 1.29 is 9.47 Å². The molecule has 0 amide bonds. The fraction of sp³-hybridized carbons (Fsp3) is 0.650. The van der Waals surface area contributed by atoms with Gasteiger partial charge in [0.2, 0.25) is 0 Å². The molecule has 160 valence electrons. The van der Waals surface area contributed by atoms with Crippen LogP contribution in [0.2, 0.25) is 0 Å². The van der Waals surface area contributed by atoms with Crippen LogP contribution in [-0.4, -0.2) is 82.8 Å². The first-order valence-electron chi connectivity index (χ1n) is 9.67. The average Bonchev–Trinajstić information content (AvgIpc) is 2.68. The molecule has 1 aromatic carbocycles. The molecule has 8 heteroatoms. The minimum absolute atomic E-state index is 0. The molecule has 0 aromatic heterocycles. The quantitative estimate of drug-likeness (QED) is 0.303. The fourth-order valence-corrected chi connectivity index (χ4v) is 3.40. The van der Waals surface area contributed by atoms with Gasteiger partial charge in [-0.2, -0.15) is 0 Å². The molecule has 0 aliphatic carbocycles. The standard InChI is InChI=1S/C20H35N5O2.HI/c1-24(2)17-8-12-25(13-9-17)14-11-23-20(21)22-10-7-16-5-6-18(26-3)19(15-16)27-4;/h5-6,15,17H,7-14H2,1-4H3,(H3,21,22,23);1H. The van der Waals surface area contributed by atoms with Gasteiger partial charge in [-0.05, 0) is 64.1 Å². The van der Waals surface area contributed by atoms with Crippen molar-refractivity contribution in [2.75, 3.05) is 61.0 Å². The van der Waals surface area contributed by atoms with Crippen molar-refractivity contribution in [3.63, 3.8) is 0 Å². The Kier molecular flexibility index (Phi) is 11.6. The number of nitrogens with zero attached hydrogens (tertiary/aromatic N) is 3. The Labute approximate surface area is 186 Å². The number of piperidine rings is 1. The van der Waals surface area contributed by atoms with Crippen molar-refractivity contribution in [1.29, 1.82) is 0 Å². The first-order chi connectivity index (χ1) is 13.0. The van der Waals surface area contributed by atoms with Crippen molar-refractivity contribution in [2.45, 2.75) is 25.3 Å². The Bertz CT molecular complexity index is 604. The maximum absolute atomic E-state index is 5.99. The van der Waals surface area contributed by atoms with E-state index < -0.39 is 0 Å². The van der Waals surface area contributed by atoms with Gasteiger partial charge < -0.3 is 30.3 Å². The third-order valence-electron chi connectivity index (χ3n) is 5.15. The number of nitrogens with two attached hydrogens (primary N) is 1. The van der Waals surface area contributed by atoms with Crippen molar-refractivity contribution in [3.05, 3.63) is 23.8 Å². The maximum Gasteiger partial charge on any atom is 0.188 e. The Balaban J connectivity index is 0.00000392. The van der Waals surface area contributed by atoms with Crippen LogP contribution in [0, 0.1) is 0 Å². The van der Waals surface area contributed by atoms with Crippen LogP contribution in [0.1, 0.15) is 18.4 Å². The van der Waals surface area contributed by atoms with E-state index in [9.17, 15) is 0 Å². The molecule has 1 aliphatic rings. The zero-order chi connectivity index (χ0) is 19.6. The van der Waals surface area contributed by atoms with Gasteiger partial charge >= 0.3 is 0 Å². The molecule has 1 fully saturated rings. The molecular weight excluding hydrogens is 469 g/mol. The van der Waals surface area contributed by atoms with Gasteiger partial charge in [0.1, 0.15) is 0 Å². The summed E-state index contributed by atoms with van der Waals surface area (Å²) in [5.74, 6) is 2.00. The number of hydrogen-bond donors (Lipinski definition) is 2.